The second-order valence-electron chi connectivity index (χ2n) is 5.20. The minimum absolute atomic E-state index is 0.126. The molecule has 2 rings (SSSR count). The molecule has 0 unspecified atom stereocenters. The summed E-state index contributed by atoms with van der Waals surface area (Å²) in [6.07, 6.45) is 0. The highest BCUT2D eigenvalue weighted by atomic mass is 32.2. The summed E-state index contributed by atoms with van der Waals surface area (Å²) in [5.41, 5.74) is 1.86. The molecule has 1 amide bonds. The Hall–Kier alpha value is -2.39. The maximum absolute atomic E-state index is 12.8. The molecule has 1 heterocycles. The van der Waals surface area contributed by atoms with Crippen molar-refractivity contribution in [1.29, 1.82) is 5.26 Å². The van der Waals surface area contributed by atoms with Crippen molar-refractivity contribution >= 4 is 23.4 Å². The van der Waals surface area contributed by atoms with E-state index in [1.807, 2.05) is 19.9 Å². The zero-order valence-corrected chi connectivity index (χ0v) is 13.7. The summed E-state index contributed by atoms with van der Waals surface area (Å²) in [6, 6.07) is 11.2. The van der Waals surface area contributed by atoms with Crippen LogP contribution in [0, 0.1) is 17.1 Å². The van der Waals surface area contributed by atoms with Gasteiger partial charge in [-0.2, -0.15) is 5.26 Å². The van der Waals surface area contributed by atoms with Crippen LogP contribution in [0.25, 0.3) is 0 Å². The predicted molar refractivity (Wildman–Crippen MR) is 88.8 cm³/mol. The molecule has 0 aliphatic rings. The molecule has 0 saturated heterocycles. The quantitative estimate of drug-likeness (QED) is 0.844. The fourth-order valence-corrected chi connectivity index (χ4v) is 2.61. The maximum atomic E-state index is 12.8. The minimum Gasteiger partial charge on any atom is -0.325 e. The lowest BCUT2D eigenvalue weighted by Gasteiger charge is -2.09. The first kappa shape index (κ1) is 17.0. The summed E-state index contributed by atoms with van der Waals surface area (Å²) in [5, 5.41) is 12.4. The molecule has 6 heteroatoms. The number of amides is 1. The average Bonchev–Trinajstić information content (AvgIpc) is 2.54. The largest absolute Gasteiger partial charge is 0.325 e. The summed E-state index contributed by atoms with van der Waals surface area (Å²) in [7, 11) is 0. The molecule has 1 aromatic heterocycles. The van der Waals surface area contributed by atoms with Crippen molar-refractivity contribution in [3.05, 3.63) is 53.5 Å². The molecule has 1 N–H and O–H groups in total. The number of benzene rings is 1. The molecular weight excluding hydrogens is 313 g/mol. The standard InChI is InChI=1S/C17H16FN3OS/c1-11(2)15-8-3-12(9-19)17(21-15)23-10-16(22)20-14-6-4-13(18)5-7-14/h3-8,11H,10H2,1-2H3,(H,20,22). The van der Waals surface area contributed by atoms with E-state index in [2.05, 4.69) is 16.4 Å². The zero-order valence-electron chi connectivity index (χ0n) is 12.8. The summed E-state index contributed by atoms with van der Waals surface area (Å²) in [6.45, 7) is 4.04. The van der Waals surface area contributed by atoms with Crippen molar-refractivity contribution < 1.29 is 9.18 Å². The molecule has 0 saturated carbocycles. The number of nitrogens with zero attached hydrogens (tertiary/aromatic N) is 2. The van der Waals surface area contributed by atoms with Crippen molar-refractivity contribution in [2.45, 2.75) is 24.8 Å². The maximum Gasteiger partial charge on any atom is 0.234 e. The third-order valence-corrected chi connectivity index (χ3v) is 4.05. The molecule has 4 nitrogen and oxygen atoms in total. The van der Waals surface area contributed by atoms with E-state index in [0.29, 0.717) is 16.3 Å². The van der Waals surface area contributed by atoms with Crippen LogP contribution in [0.1, 0.15) is 31.0 Å². The highest BCUT2D eigenvalue weighted by Crippen LogP contribution is 2.23. The number of rotatable bonds is 5. The molecule has 0 bridgehead atoms. The van der Waals surface area contributed by atoms with E-state index in [9.17, 15) is 9.18 Å². The first-order chi connectivity index (χ1) is 11.0. The molecule has 0 atom stereocenters. The second kappa shape index (κ2) is 7.75. The van der Waals surface area contributed by atoms with E-state index in [-0.39, 0.29) is 23.4 Å². The van der Waals surface area contributed by atoms with Gasteiger partial charge in [-0.1, -0.05) is 25.6 Å². The number of hydrogen-bond acceptors (Lipinski definition) is 4. The number of hydrogen-bond donors (Lipinski definition) is 1. The van der Waals surface area contributed by atoms with Crippen LogP contribution in [0.4, 0.5) is 10.1 Å². The Bertz CT molecular complexity index is 738. The predicted octanol–water partition coefficient (Wildman–Crippen LogP) is 3.95. The summed E-state index contributed by atoms with van der Waals surface area (Å²) < 4.78 is 12.8. The number of carbonyl (C=O) groups excluding carboxylic acids is 1. The first-order valence-corrected chi connectivity index (χ1v) is 8.07. The van der Waals surface area contributed by atoms with Gasteiger partial charge >= 0.3 is 0 Å². The Labute approximate surface area is 138 Å². The number of aromatic nitrogens is 1. The molecule has 23 heavy (non-hydrogen) atoms. The van der Waals surface area contributed by atoms with E-state index in [1.54, 1.807) is 6.07 Å². The van der Waals surface area contributed by atoms with Crippen LogP contribution in [0.5, 0.6) is 0 Å². The van der Waals surface area contributed by atoms with E-state index >= 15 is 0 Å². The number of halogens is 1. The van der Waals surface area contributed by atoms with Gasteiger partial charge in [-0.25, -0.2) is 9.37 Å². The molecule has 0 aliphatic heterocycles. The molecule has 2 aromatic rings. The Morgan fingerprint density at radius 2 is 2.00 bits per heavy atom. The fourth-order valence-electron chi connectivity index (χ4n) is 1.84. The molecule has 0 spiro atoms. The minimum atomic E-state index is -0.356. The van der Waals surface area contributed by atoms with Crippen molar-refractivity contribution in [1.82, 2.24) is 4.98 Å². The van der Waals surface area contributed by atoms with Crippen molar-refractivity contribution in [2.24, 2.45) is 0 Å². The normalized spacial score (nSPS) is 10.4. The molecule has 0 radical (unpaired) electrons. The highest BCUT2D eigenvalue weighted by Gasteiger charge is 2.11. The van der Waals surface area contributed by atoms with Crippen LogP contribution >= 0.6 is 11.8 Å². The second-order valence-corrected chi connectivity index (χ2v) is 6.16. The molecule has 0 fully saturated rings. The van der Waals surface area contributed by atoms with Crippen molar-refractivity contribution in [3.63, 3.8) is 0 Å². The molecular formula is C17H16FN3OS. The Morgan fingerprint density at radius 1 is 1.30 bits per heavy atom. The van der Waals surface area contributed by atoms with Gasteiger partial charge in [0, 0.05) is 11.4 Å². The lowest BCUT2D eigenvalue weighted by molar-refractivity contribution is -0.113. The van der Waals surface area contributed by atoms with Crippen molar-refractivity contribution in [2.75, 3.05) is 11.1 Å². The van der Waals surface area contributed by atoms with E-state index in [0.717, 1.165) is 5.69 Å². The van der Waals surface area contributed by atoms with E-state index in [4.69, 9.17) is 5.26 Å². The highest BCUT2D eigenvalue weighted by molar-refractivity contribution is 8.00. The Morgan fingerprint density at radius 3 is 2.61 bits per heavy atom. The van der Waals surface area contributed by atoms with Gasteiger partial charge in [-0.05, 0) is 42.3 Å². The first-order valence-electron chi connectivity index (χ1n) is 7.09. The van der Waals surface area contributed by atoms with Gasteiger partial charge in [0.2, 0.25) is 5.91 Å². The number of nitrogens with one attached hydrogen (secondary N) is 1. The van der Waals surface area contributed by atoms with Gasteiger partial charge in [-0.15, -0.1) is 0 Å². The van der Waals surface area contributed by atoms with Gasteiger partial charge in [-0.3, -0.25) is 4.79 Å². The Kier molecular flexibility index (Phi) is 5.72. The fraction of sp³-hybridized carbons (Fsp3) is 0.235. The topological polar surface area (TPSA) is 65.8 Å². The zero-order chi connectivity index (χ0) is 16.8. The number of pyridine rings is 1. The van der Waals surface area contributed by atoms with Crippen LogP contribution in [0.15, 0.2) is 41.4 Å². The molecule has 118 valence electrons. The van der Waals surface area contributed by atoms with Gasteiger partial charge in [0.1, 0.15) is 16.9 Å². The molecule has 1 aromatic carbocycles. The summed E-state index contributed by atoms with van der Waals surface area (Å²) >= 11 is 1.21. The lowest BCUT2D eigenvalue weighted by Crippen LogP contribution is -2.14. The van der Waals surface area contributed by atoms with E-state index in [1.165, 1.54) is 36.0 Å². The van der Waals surface area contributed by atoms with E-state index < -0.39 is 0 Å². The number of carbonyl (C=O) groups is 1. The molecule has 0 aliphatic carbocycles. The number of thioether (sulfide) groups is 1. The van der Waals surface area contributed by atoms with Gasteiger partial charge in [0.05, 0.1) is 11.3 Å². The Balaban J connectivity index is 2.02. The van der Waals surface area contributed by atoms with Gasteiger partial charge in [0.15, 0.2) is 0 Å². The van der Waals surface area contributed by atoms with Crippen LogP contribution in [0.2, 0.25) is 0 Å². The van der Waals surface area contributed by atoms with Crippen LogP contribution in [0.3, 0.4) is 0 Å². The lowest BCUT2D eigenvalue weighted by atomic mass is 10.1. The van der Waals surface area contributed by atoms with Crippen LogP contribution in [-0.4, -0.2) is 16.6 Å². The number of nitriles is 1. The third kappa shape index (κ3) is 4.80. The summed E-state index contributed by atoms with van der Waals surface area (Å²) in [4.78, 5) is 16.4. The summed E-state index contributed by atoms with van der Waals surface area (Å²) in [5.74, 6) is -0.219. The number of anilines is 1. The monoisotopic (exact) mass is 329 g/mol. The smallest absolute Gasteiger partial charge is 0.234 e. The van der Waals surface area contributed by atoms with Crippen LogP contribution in [-0.2, 0) is 4.79 Å². The third-order valence-electron chi connectivity index (χ3n) is 3.06. The van der Waals surface area contributed by atoms with Gasteiger partial charge in [0.25, 0.3) is 0 Å². The van der Waals surface area contributed by atoms with Crippen LogP contribution < -0.4 is 5.32 Å². The van der Waals surface area contributed by atoms with Crippen molar-refractivity contribution in [3.8, 4) is 6.07 Å². The average molecular weight is 329 g/mol. The van der Waals surface area contributed by atoms with Gasteiger partial charge < -0.3 is 5.32 Å². The SMILES string of the molecule is CC(C)c1ccc(C#N)c(SCC(=O)Nc2ccc(F)cc2)n1.